The van der Waals surface area contributed by atoms with Crippen LogP contribution < -0.4 is 11.3 Å². The summed E-state index contributed by atoms with van der Waals surface area (Å²) in [6.45, 7) is 0. The monoisotopic (exact) mass is 171 g/mol. The van der Waals surface area contributed by atoms with Gasteiger partial charge in [0.1, 0.15) is 5.56 Å². The van der Waals surface area contributed by atoms with E-state index in [0.717, 1.165) is 0 Å². The number of amides is 1. The molecule has 0 aliphatic carbocycles. The number of hydrogen-bond acceptors (Lipinski definition) is 3. The summed E-state index contributed by atoms with van der Waals surface area (Å²) in [6, 6.07) is 0. The van der Waals surface area contributed by atoms with Gasteiger partial charge in [-0.25, -0.2) is 0 Å². The molecule has 0 bridgehead atoms. The van der Waals surface area contributed by atoms with Gasteiger partial charge in [0, 0.05) is 6.20 Å². The first kappa shape index (κ1) is 7.67. The second kappa shape index (κ2) is 2.67. The Hall–Kier alpha value is -1.43. The lowest BCUT2D eigenvalue weighted by Gasteiger charge is -1.90. The molecule has 5 nitrogen and oxygen atoms in total. The van der Waals surface area contributed by atoms with Gasteiger partial charge in [-0.2, -0.15) is 0 Å². The third-order valence-corrected chi connectivity index (χ3v) is 1.30. The Kier molecular flexibility index (Phi) is 1.86. The number of hydrogen-bond donors (Lipinski definition) is 3. The van der Waals surface area contributed by atoms with Gasteiger partial charge in [0.15, 0.2) is 4.77 Å². The van der Waals surface area contributed by atoms with Crippen molar-refractivity contribution in [1.29, 1.82) is 0 Å². The topological polar surface area (TPSA) is 91.7 Å². The number of nitrogens with one attached hydrogen (secondary N) is 2. The van der Waals surface area contributed by atoms with E-state index in [4.69, 9.17) is 5.73 Å². The minimum Gasteiger partial charge on any atom is -0.365 e. The van der Waals surface area contributed by atoms with E-state index in [1.807, 2.05) is 0 Å². The average molecular weight is 171 g/mol. The molecule has 0 radical (unpaired) electrons. The van der Waals surface area contributed by atoms with Crippen molar-refractivity contribution in [2.24, 2.45) is 5.73 Å². The maximum absolute atomic E-state index is 10.8. The van der Waals surface area contributed by atoms with Crippen LogP contribution >= 0.6 is 12.2 Å². The largest absolute Gasteiger partial charge is 0.365 e. The number of carbonyl (C=O) groups is 1. The Bertz CT molecular complexity index is 391. The van der Waals surface area contributed by atoms with Crippen molar-refractivity contribution in [3.63, 3.8) is 0 Å². The van der Waals surface area contributed by atoms with Crippen molar-refractivity contribution in [2.75, 3.05) is 0 Å². The molecule has 1 amide bonds. The Morgan fingerprint density at radius 1 is 1.64 bits per heavy atom. The smallest absolute Gasteiger partial charge is 0.264 e. The summed E-state index contributed by atoms with van der Waals surface area (Å²) in [6.07, 6.45) is 1.18. The lowest BCUT2D eigenvalue weighted by molar-refractivity contribution is 0.0998. The van der Waals surface area contributed by atoms with Crippen LogP contribution in [-0.4, -0.2) is 15.9 Å². The zero-order valence-electron chi connectivity index (χ0n) is 5.38. The molecular formula is C5H5N3O2S. The number of primary amides is 1. The van der Waals surface area contributed by atoms with Crippen molar-refractivity contribution in [3.05, 3.63) is 26.9 Å². The highest BCUT2D eigenvalue weighted by Gasteiger charge is 2.03. The van der Waals surface area contributed by atoms with Crippen LogP contribution in [0.4, 0.5) is 0 Å². The van der Waals surface area contributed by atoms with Crippen LogP contribution in [0.15, 0.2) is 11.0 Å². The van der Waals surface area contributed by atoms with Crippen LogP contribution in [0, 0.1) is 4.77 Å². The minimum atomic E-state index is -0.780. The predicted octanol–water partition coefficient (Wildman–Crippen LogP) is -0.469. The second-order valence-electron chi connectivity index (χ2n) is 1.85. The molecule has 0 saturated heterocycles. The molecule has 0 fully saturated rings. The maximum atomic E-state index is 10.8. The second-order valence-corrected chi connectivity index (χ2v) is 2.26. The normalized spacial score (nSPS) is 9.45. The molecule has 0 atom stereocenters. The van der Waals surface area contributed by atoms with Crippen molar-refractivity contribution in [3.8, 4) is 0 Å². The minimum absolute atomic E-state index is 0.126. The SMILES string of the molecule is NC(=O)c1c[nH]c(=S)[nH]c1=O. The van der Waals surface area contributed by atoms with Crippen LogP contribution in [0.1, 0.15) is 10.4 Å². The maximum Gasteiger partial charge on any atom is 0.264 e. The van der Waals surface area contributed by atoms with Gasteiger partial charge in [0.25, 0.3) is 11.5 Å². The van der Waals surface area contributed by atoms with Gasteiger partial charge in [-0.15, -0.1) is 0 Å². The molecule has 0 saturated carbocycles. The number of nitrogens with two attached hydrogens (primary N) is 1. The highest BCUT2D eigenvalue weighted by atomic mass is 32.1. The van der Waals surface area contributed by atoms with Gasteiger partial charge in [0.2, 0.25) is 0 Å². The predicted molar refractivity (Wildman–Crippen MR) is 40.8 cm³/mol. The molecule has 0 spiro atoms. The van der Waals surface area contributed by atoms with Crippen LogP contribution in [-0.2, 0) is 0 Å². The van der Waals surface area contributed by atoms with Gasteiger partial charge in [0.05, 0.1) is 0 Å². The number of aromatic amines is 2. The van der Waals surface area contributed by atoms with E-state index in [1.165, 1.54) is 6.20 Å². The number of aromatic nitrogens is 2. The van der Waals surface area contributed by atoms with Crippen molar-refractivity contribution in [2.45, 2.75) is 0 Å². The van der Waals surface area contributed by atoms with E-state index in [0.29, 0.717) is 0 Å². The van der Waals surface area contributed by atoms with E-state index >= 15 is 0 Å². The summed E-state index contributed by atoms with van der Waals surface area (Å²) in [7, 11) is 0. The first-order valence-corrected chi connectivity index (χ1v) is 3.14. The molecule has 1 heterocycles. The molecule has 0 aromatic carbocycles. The third-order valence-electron chi connectivity index (χ3n) is 1.08. The summed E-state index contributed by atoms with van der Waals surface area (Å²) >= 11 is 4.58. The first-order valence-electron chi connectivity index (χ1n) is 2.73. The summed E-state index contributed by atoms with van der Waals surface area (Å²) < 4.78 is 0.167. The van der Waals surface area contributed by atoms with Gasteiger partial charge in [-0.3, -0.25) is 14.6 Å². The van der Waals surface area contributed by atoms with Crippen molar-refractivity contribution in [1.82, 2.24) is 9.97 Å². The summed E-state index contributed by atoms with van der Waals surface area (Å²) in [5.74, 6) is -0.780. The Balaban J connectivity index is 3.43. The molecule has 1 aromatic heterocycles. The van der Waals surface area contributed by atoms with E-state index in [1.54, 1.807) is 0 Å². The zero-order valence-corrected chi connectivity index (χ0v) is 6.20. The van der Waals surface area contributed by atoms with Crippen molar-refractivity contribution < 1.29 is 4.79 Å². The third kappa shape index (κ3) is 1.53. The Labute approximate surface area is 66.3 Å². The fourth-order valence-corrected chi connectivity index (χ4v) is 0.744. The molecule has 0 aliphatic rings. The molecule has 0 aliphatic heterocycles. The lowest BCUT2D eigenvalue weighted by Crippen LogP contribution is -2.23. The molecule has 11 heavy (non-hydrogen) atoms. The zero-order chi connectivity index (χ0) is 8.43. The summed E-state index contributed by atoms with van der Waals surface area (Å²) in [5, 5.41) is 0. The Morgan fingerprint density at radius 2 is 2.27 bits per heavy atom. The van der Waals surface area contributed by atoms with E-state index in [9.17, 15) is 9.59 Å². The first-order chi connectivity index (χ1) is 5.11. The van der Waals surface area contributed by atoms with Crippen LogP contribution in [0.25, 0.3) is 0 Å². The molecule has 6 heteroatoms. The highest BCUT2D eigenvalue weighted by molar-refractivity contribution is 7.71. The standard InChI is InChI=1S/C5H5N3O2S/c6-3(9)2-1-7-5(11)8-4(2)10/h1H,(H2,6,9)(H2,7,8,10,11). The number of carbonyl (C=O) groups excluding carboxylic acids is 1. The Morgan fingerprint density at radius 3 is 2.73 bits per heavy atom. The molecule has 1 rings (SSSR count). The van der Waals surface area contributed by atoms with Gasteiger partial charge in [-0.05, 0) is 12.2 Å². The lowest BCUT2D eigenvalue weighted by atomic mass is 10.3. The molecule has 1 aromatic rings. The fraction of sp³-hybridized carbons (Fsp3) is 0. The van der Waals surface area contributed by atoms with Gasteiger partial charge >= 0.3 is 0 Å². The van der Waals surface area contributed by atoms with E-state index < -0.39 is 11.5 Å². The quantitative estimate of drug-likeness (QED) is 0.499. The molecule has 0 unspecified atom stereocenters. The molecule has 4 N–H and O–H groups in total. The summed E-state index contributed by atoms with van der Waals surface area (Å²) in [5.41, 5.74) is 4.16. The van der Waals surface area contributed by atoms with Gasteiger partial charge < -0.3 is 10.7 Å². The van der Waals surface area contributed by atoms with Crippen molar-refractivity contribution >= 4 is 18.1 Å². The van der Waals surface area contributed by atoms with E-state index in [2.05, 4.69) is 22.2 Å². The van der Waals surface area contributed by atoms with Crippen LogP contribution in [0.2, 0.25) is 0 Å². The summed E-state index contributed by atoms with van der Waals surface area (Å²) in [4.78, 5) is 26.0. The van der Waals surface area contributed by atoms with Gasteiger partial charge in [-0.1, -0.05) is 0 Å². The highest BCUT2D eigenvalue weighted by Crippen LogP contribution is 1.83. The van der Waals surface area contributed by atoms with E-state index in [-0.39, 0.29) is 10.3 Å². The fourth-order valence-electron chi connectivity index (χ4n) is 0.593. The molecular weight excluding hydrogens is 166 g/mol. The molecule has 58 valence electrons. The van der Waals surface area contributed by atoms with Crippen LogP contribution in [0.5, 0.6) is 0 Å². The number of rotatable bonds is 1. The number of H-pyrrole nitrogens is 2. The average Bonchev–Trinajstić information content (AvgIpc) is 1.85. The van der Waals surface area contributed by atoms with Crippen LogP contribution in [0.3, 0.4) is 0 Å².